The normalized spacial score (nSPS) is 27.1. The van der Waals surface area contributed by atoms with Crippen LogP contribution in [0.4, 0.5) is 4.79 Å². The van der Waals surface area contributed by atoms with E-state index in [1.165, 1.54) is 0 Å². The lowest BCUT2D eigenvalue weighted by Crippen LogP contribution is -2.69. The molecule has 2 heterocycles. The summed E-state index contributed by atoms with van der Waals surface area (Å²) in [5.74, 6) is 0.692. The van der Waals surface area contributed by atoms with Gasteiger partial charge in [-0.2, -0.15) is 0 Å². The molecule has 3 aliphatic rings. The first-order chi connectivity index (χ1) is 12.3. The molecule has 142 valence electrons. The first kappa shape index (κ1) is 19.0. The Bertz CT molecular complexity index is 642. The van der Waals surface area contributed by atoms with Crippen LogP contribution >= 0.6 is 0 Å². The second-order valence-corrected chi connectivity index (χ2v) is 8.95. The zero-order valence-corrected chi connectivity index (χ0v) is 16.3. The van der Waals surface area contributed by atoms with Gasteiger partial charge in [0.15, 0.2) is 0 Å². The summed E-state index contributed by atoms with van der Waals surface area (Å²) in [5.41, 5.74) is 0.439. The second-order valence-electron chi connectivity index (χ2n) is 8.95. The Kier molecular flexibility index (Phi) is 5.16. The monoisotopic (exact) mass is 356 g/mol. The molecule has 1 saturated carbocycles. The molecule has 1 unspecified atom stereocenters. The molecule has 0 aromatic heterocycles. The molecule has 1 aromatic rings. The average Bonchev–Trinajstić information content (AvgIpc) is 2.60. The minimum absolute atomic E-state index is 0.192. The summed E-state index contributed by atoms with van der Waals surface area (Å²) in [7, 11) is 0. The van der Waals surface area contributed by atoms with Crippen LogP contribution in [0.2, 0.25) is 0 Å². The molecular formula is C22H32N2O2. The van der Waals surface area contributed by atoms with Crippen LogP contribution in [-0.2, 0) is 0 Å². The van der Waals surface area contributed by atoms with Crippen molar-refractivity contribution in [1.82, 2.24) is 9.80 Å². The molecule has 2 saturated heterocycles. The average molecular weight is 357 g/mol. The number of hydrogen-bond donors (Lipinski definition) is 1. The second kappa shape index (κ2) is 7.07. The number of rotatable bonds is 5. The van der Waals surface area contributed by atoms with E-state index in [1.807, 2.05) is 24.3 Å². The molecule has 26 heavy (non-hydrogen) atoms. The topological polar surface area (TPSA) is 43.8 Å². The van der Waals surface area contributed by atoms with E-state index in [1.54, 1.807) is 4.90 Å². The van der Waals surface area contributed by atoms with Crippen molar-refractivity contribution in [2.24, 2.45) is 11.3 Å². The molecule has 4 rings (SSSR count). The lowest BCUT2D eigenvalue weighted by molar-refractivity contribution is -0.146. The fourth-order valence-corrected chi connectivity index (χ4v) is 5.11. The van der Waals surface area contributed by atoms with Crippen molar-refractivity contribution >= 4 is 6.09 Å². The van der Waals surface area contributed by atoms with Gasteiger partial charge in [0, 0.05) is 13.1 Å². The van der Waals surface area contributed by atoms with Crippen molar-refractivity contribution in [3.8, 4) is 0 Å². The molecule has 1 amide bonds. The summed E-state index contributed by atoms with van der Waals surface area (Å²) in [6.07, 6.45) is 5.15. The fraction of sp³-hybridized carbons (Fsp3) is 0.591. The van der Waals surface area contributed by atoms with Gasteiger partial charge in [0.05, 0.1) is 6.04 Å². The molecule has 1 aliphatic carbocycles. The summed E-state index contributed by atoms with van der Waals surface area (Å²) in [6.45, 7) is 12.1. The highest BCUT2D eigenvalue weighted by Crippen LogP contribution is 2.51. The van der Waals surface area contributed by atoms with Gasteiger partial charge in [-0.05, 0) is 42.6 Å². The molecule has 0 radical (unpaired) electrons. The van der Waals surface area contributed by atoms with Crippen LogP contribution in [0.1, 0.15) is 58.1 Å². The fourth-order valence-electron chi connectivity index (χ4n) is 5.11. The summed E-state index contributed by atoms with van der Waals surface area (Å²) < 4.78 is 0. The number of nitrogens with zero attached hydrogens (tertiary/aromatic N) is 2. The molecule has 1 atom stereocenters. The molecular weight excluding hydrogens is 324 g/mol. The van der Waals surface area contributed by atoms with Crippen molar-refractivity contribution in [2.75, 3.05) is 13.1 Å². The van der Waals surface area contributed by atoms with Crippen LogP contribution < -0.4 is 0 Å². The highest BCUT2D eigenvalue weighted by Gasteiger charge is 2.55. The Morgan fingerprint density at radius 3 is 2.46 bits per heavy atom. The van der Waals surface area contributed by atoms with Gasteiger partial charge in [-0.3, -0.25) is 9.80 Å². The van der Waals surface area contributed by atoms with Crippen LogP contribution in [0.15, 0.2) is 43.0 Å². The Balaban J connectivity index is 2.11. The number of carbonyl (C=O) groups is 1. The first-order valence-electron chi connectivity index (χ1n) is 9.73. The van der Waals surface area contributed by atoms with Gasteiger partial charge >= 0.3 is 6.09 Å². The van der Waals surface area contributed by atoms with E-state index in [0.717, 1.165) is 44.3 Å². The maximum Gasteiger partial charge on any atom is 0.409 e. The van der Waals surface area contributed by atoms with Crippen LogP contribution in [0.5, 0.6) is 0 Å². The van der Waals surface area contributed by atoms with Gasteiger partial charge in [-0.25, -0.2) is 4.79 Å². The van der Waals surface area contributed by atoms with Crippen LogP contribution in [0.25, 0.3) is 0 Å². The van der Waals surface area contributed by atoms with Gasteiger partial charge in [-0.1, -0.05) is 57.2 Å². The van der Waals surface area contributed by atoms with E-state index >= 15 is 0 Å². The molecule has 1 aromatic carbocycles. The third-order valence-electron chi connectivity index (χ3n) is 6.17. The van der Waals surface area contributed by atoms with Crippen molar-refractivity contribution in [2.45, 2.75) is 58.2 Å². The van der Waals surface area contributed by atoms with E-state index in [2.05, 4.69) is 44.4 Å². The van der Waals surface area contributed by atoms with Crippen molar-refractivity contribution in [1.29, 1.82) is 0 Å². The van der Waals surface area contributed by atoms with E-state index in [-0.39, 0.29) is 11.5 Å². The number of hydrogen-bond acceptors (Lipinski definition) is 2. The summed E-state index contributed by atoms with van der Waals surface area (Å²) in [5, 5.41) is 10.4. The minimum atomic E-state index is -0.816. The lowest BCUT2D eigenvalue weighted by Gasteiger charge is -2.61. The number of benzene rings is 1. The number of fused-ring (bicyclic) bond motifs is 3. The Morgan fingerprint density at radius 2 is 1.96 bits per heavy atom. The summed E-state index contributed by atoms with van der Waals surface area (Å²) >= 11 is 0. The van der Waals surface area contributed by atoms with Crippen molar-refractivity contribution < 1.29 is 9.90 Å². The molecule has 4 nitrogen and oxygen atoms in total. The van der Waals surface area contributed by atoms with Crippen LogP contribution in [0, 0.1) is 11.3 Å². The van der Waals surface area contributed by atoms with Crippen molar-refractivity contribution in [3.05, 3.63) is 48.6 Å². The highest BCUT2D eigenvalue weighted by atomic mass is 16.4. The van der Waals surface area contributed by atoms with Crippen LogP contribution in [0.3, 0.4) is 0 Å². The highest BCUT2D eigenvalue weighted by molar-refractivity contribution is 5.67. The number of amides is 1. The van der Waals surface area contributed by atoms with Crippen molar-refractivity contribution in [3.63, 3.8) is 0 Å². The quantitative estimate of drug-likeness (QED) is 0.743. The predicted octanol–water partition coefficient (Wildman–Crippen LogP) is 5.14. The molecule has 2 bridgehead atoms. The molecule has 0 spiro atoms. The van der Waals surface area contributed by atoms with Gasteiger partial charge < -0.3 is 5.11 Å². The van der Waals surface area contributed by atoms with Gasteiger partial charge in [0.1, 0.15) is 5.66 Å². The maximum absolute atomic E-state index is 12.7. The van der Waals surface area contributed by atoms with E-state index in [9.17, 15) is 9.90 Å². The van der Waals surface area contributed by atoms with E-state index in [0.29, 0.717) is 5.92 Å². The van der Waals surface area contributed by atoms with E-state index < -0.39 is 11.8 Å². The minimum Gasteiger partial charge on any atom is -0.465 e. The molecule has 1 N–H and O–H groups in total. The first-order valence-corrected chi connectivity index (χ1v) is 9.73. The SMILES string of the molecule is C=CCN1CC2CCC1(N(C(=O)O)C(c1ccccc1)C(C)(C)C)CC2. The van der Waals surface area contributed by atoms with Gasteiger partial charge in [0.25, 0.3) is 0 Å². The summed E-state index contributed by atoms with van der Waals surface area (Å²) in [4.78, 5) is 16.8. The maximum atomic E-state index is 12.7. The van der Waals surface area contributed by atoms with Gasteiger partial charge in [0.2, 0.25) is 0 Å². The number of piperidine rings is 2. The van der Waals surface area contributed by atoms with Crippen LogP contribution in [-0.4, -0.2) is 39.8 Å². The Labute approximate surface area is 157 Å². The smallest absolute Gasteiger partial charge is 0.409 e. The van der Waals surface area contributed by atoms with E-state index in [4.69, 9.17) is 0 Å². The summed E-state index contributed by atoms with van der Waals surface area (Å²) in [6, 6.07) is 9.94. The Morgan fingerprint density at radius 1 is 1.35 bits per heavy atom. The zero-order chi connectivity index (χ0) is 18.9. The zero-order valence-electron chi connectivity index (χ0n) is 16.3. The molecule has 4 heteroatoms. The largest absolute Gasteiger partial charge is 0.465 e. The van der Waals surface area contributed by atoms with Gasteiger partial charge in [-0.15, -0.1) is 6.58 Å². The predicted molar refractivity (Wildman–Crippen MR) is 105 cm³/mol. The lowest BCUT2D eigenvalue weighted by atomic mass is 9.71. The third kappa shape index (κ3) is 3.27. The third-order valence-corrected chi connectivity index (χ3v) is 6.17. The molecule has 2 aliphatic heterocycles. The standard InChI is InChI=1S/C22H32N2O2/c1-5-15-23-16-17-11-13-22(23,14-12-17)24(20(25)26)19(21(2,3)4)18-9-7-6-8-10-18/h5-10,17,19H,1,11-16H2,2-4H3,(H,25,26). The number of carboxylic acid groups (broad SMARTS) is 1. The Hall–Kier alpha value is -1.81. The molecule has 3 fully saturated rings.